The number of aliphatic hydroxyl groups excluding tert-OH is 1. The predicted octanol–water partition coefficient (Wildman–Crippen LogP) is 14.9. The number of unbranched alkanes of at least 4 members (excludes halogenated alkanes) is 23. The average Bonchev–Trinajstić information content (AvgIpc) is 3.13. The Hall–Kier alpha value is -1.07. The Balaban J connectivity index is 0. The van der Waals surface area contributed by atoms with Crippen LogP contribution in [0.25, 0.3) is 0 Å². The van der Waals surface area contributed by atoms with Gasteiger partial charge >= 0.3 is 5.97 Å². The zero-order chi connectivity index (χ0) is 39.5. The van der Waals surface area contributed by atoms with Gasteiger partial charge in [0.2, 0.25) is 0 Å². The molecular formula is C48H97NO4. The van der Waals surface area contributed by atoms with Crippen LogP contribution in [0.15, 0.2) is 12.3 Å². The third kappa shape index (κ3) is 47.0. The van der Waals surface area contributed by atoms with Crippen LogP contribution >= 0.6 is 0 Å². The van der Waals surface area contributed by atoms with Crippen LogP contribution in [0.1, 0.15) is 247 Å². The maximum Gasteiger partial charge on any atom is 0.306 e. The number of esters is 1. The van der Waals surface area contributed by atoms with E-state index in [0.29, 0.717) is 6.42 Å². The van der Waals surface area contributed by atoms with Crippen molar-refractivity contribution in [2.24, 2.45) is 5.92 Å². The molecule has 0 saturated carbocycles. The van der Waals surface area contributed by atoms with Crippen molar-refractivity contribution in [2.75, 3.05) is 32.8 Å². The summed E-state index contributed by atoms with van der Waals surface area (Å²) in [6.07, 6.45) is 40.1. The van der Waals surface area contributed by atoms with Gasteiger partial charge in [-0.1, -0.05) is 182 Å². The van der Waals surface area contributed by atoms with Crippen LogP contribution in [0, 0.1) is 5.92 Å². The maximum absolute atomic E-state index is 12.6. The molecule has 0 bridgehead atoms. The van der Waals surface area contributed by atoms with Gasteiger partial charge in [-0.3, -0.25) is 4.79 Å². The van der Waals surface area contributed by atoms with E-state index >= 15 is 0 Å². The summed E-state index contributed by atoms with van der Waals surface area (Å²) < 4.78 is 11.4. The number of carbonyl (C=O) groups excluding carboxylic acids is 1. The predicted molar refractivity (Wildman–Crippen MR) is 234 cm³/mol. The highest BCUT2D eigenvalue weighted by molar-refractivity contribution is 5.69. The van der Waals surface area contributed by atoms with E-state index in [-0.39, 0.29) is 18.7 Å². The molecule has 318 valence electrons. The summed E-state index contributed by atoms with van der Waals surface area (Å²) in [5.41, 5.74) is 0. The first-order valence-electron chi connectivity index (χ1n) is 23.6. The Morgan fingerprint density at radius 2 is 0.943 bits per heavy atom. The van der Waals surface area contributed by atoms with Crippen molar-refractivity contribution >= 4 is 5.97 Å². The first kappa shape index (κ1) is 54.0. The molecule has 0 aromatic heterocycles. The molecule has 0 rings (SSSR count). The minimum absolute atomic E-state index is 0.0183. The van der Waals surface area contributed by atoms with Crippen LogP contribution in [0.3, 0.4) is 0 Å². The first-order chi connectivity index (χ1) is 25.8. The van der Waals surface area contributed by atoms with Gasteiger partial charge in [0.25, 0.3) is 0 Å². The molecule has 5 heteroatoms. The second-order valence-corrected chi connectivity index (χ2v) is 16.6. The zero-order valence-corrected chi connectivity index (χ0v) is 37.1. The molecule has 0 aliphatic rings. The minimum atomic E-state index is 0.0183. The first-order valence-corrected chi connectivity index (χ1v) is 23.6. The van der Waals surface area contributed by atoms with Crippen molar-refractivity contribution in [1.29, 1.82) is 0 Å². The van der Waals surface area contributed by atoms with Crippen molar-refractivity contribution in [3.8, 4) is 0 Å². The van der Waals surface area contributed by atoms with E-state index in [0.717, 1.165) is 95.7 Å². The third-order valence-corrected chi connectivity index (χ3v) is 10.4. The van der Waals surface area contributed by atoms with Crippen LogP contribution in [0.4, 0.5) is 0 Å². The van der Waals surface area contributed by atoms with Crippen molar-refractivity contribution in [1.82, 2.24) is 4.90 Å². The lowest BCUT2D eigenvalue weighted by Gasteiger charge is -2.21. The number of aliphatic hydroxyl groups is 1. The highest BCUT2D eigenvalue weighted by Gasteiger charge is 2.14. The quantitative estimate of drug-likeness (QED) is 0.0383. The van der Waals surface area contributed by atoms with E-state index < -0.39 is 0 Å². The van der Waals surface area contributed by atoms with Gasteiger partial charge in [0, 0.05) is 13.0 Å². The average molecular weight is 752 g/mol. The molecule has 0 spiro atoms. The monoisotopic (exact) mass is 752 g/mol. The fourth-order valence-corrected chi connectivity index (χ4v) is 6.97. The van der Waals surface area contributed by atoms with Gasteiger partial charge in [-0.05, 0) is 83.7 Å². The third-order valence-electron chi connectivity index (χ3n) is 10.4. The minimum Gasteiger partial charge on any atom is -0.499 e. The van der Waals surface area contributed by atoms with Gasteiger partial charge < -0.3 is 19.5 Å². The standard InChI is InChI=1S/C35H69NO4.C13H28/c1-5-7-9-11-14-19-25-34(26-20-15-12-10-8-6-2)40-35(38)27-21-16-13-17-22-28-36(30-31-37)29-23-18-24-32-39-33(3)4;1-4-5-6-7-8-9-10-11-12-13(2)3/h34,37H,3,5-32H2,1-2,4H3;13H,4-12H2,1-3H3. The fraction of sp³-hybridized carbons (Fsp3) is 0.938. The van der Waals surface area contributed by atoms with Crippen LogP contribution in [0.5, 0.6) is 0 Å². The van der Waals surface area contributed by atoms with E-state index in [4.69, 9.17) is 9.47 Å². The van der Waals surface area contributed by atoms with Crippen molar-refractivity contribution < 1.29 is 19.4 Å². The number of nitrogens with zero attached hydrogens (tertiary/aromatic N) is 1. The molecule has 0 aromatic rings. The molecule has 0 unspecified atom stereocenters. The number of hydrogen-bond donors (Lipinski definition) is 1. The molecule has 0 fully saturated rings. The molecular weight excluding hydrogens is 655 g/mol. The summed E-state index contributed by atoms with van der Waals surface area (Å²) in [6, 6.07) is 0. The van der Waals surface area contributed by atoms with Gasteiger partial charge in [0.15, 0.2) is 0 Å². The summed E-state index contributed by atoms with van der Waals surface area (Å²) in [5, 5.41) is 9.39. The van der Waals surface area contributed by atoms with Gasteiger partial charge in [0.1, 0.15) is 6.10 Å². The lowest BCUT2D eigenvalue weighted by Crippen LogP contribution is -2.29. The second-order valence-electron chi connectivity index (χ2n) is 16.6. The van der Waals surface area contributed by atoms with Crippen LogP contribution < -0.4 is 0 Å². The number of ether oxygens (including phenoxy) is 2. The Labute approximate surface area is 333 Å². The molecule has 0 aliphatic carbocycles. The fourth-order valence-electron chi connectivity index (χ4n) is 6.97. The normalized spacial score (nSPS) is 11.4. The summed E-state index contributed by atoms with van der Waals surface area (Å²) in [5.74, 6) is 1.71. The summed E-state index contributed by atoms with van der Waals surface area (Å²) in [4.78, 5) is 15.0. The van der Waals surface area contributed by atoms with E-state index in [1.807, 2.05) is 6.92 Å². The number of hydrogen-bond acceptors (Lipinski definition) is 5. The molecule has 53 heavy (non-hydrogen) atoms. The smallest absolute Gasteiger partial charge is 0.306 e. The molecule has 5 nitrogen and oxygen atoms in total. The highest BCUT2D eigenvalue weighted by Crippen LogP contribution is 2.18. The molecule has 0 heterocycles. The Bertz CT molecular complexity index is 710. The van der Waals surface area contributed by atoms with E-state index in [2.05, 4.69) is 46.1 Å². The van der Waals surface area contributed by atoms with Crippen molar-refractivity contribution in [2.45, 2.75) is 253 Å². The molecule has 0 amide bonds. The molecule has 0 radical (unpaired) electrons. The molecule has 1 N–H and O–H groups in total. The van der Waals surface area contributed by atoms with Gasteiger partial charge in [-0.15, -0.1) is 0 Å². The van der Waals surface area contributed by atoms with Crippen molar-refractivity contribution in [3.05, 3.63) is 12.3 Å². The lowest BCUT2D eigenvalue weighted by molar-refractivity contribution is -0.150. The molecule has 0 saturated heterocycles. The summed E-state index contributed by atoms with van der Waals surface area (Å²) in [6.45, 7) is 20.9. The van der Waals surface area contributed by atoms with E-state index in [9.17, 15) is 9.90 Å². The molecule has 0 aromatic carbocycles. The van der Waals surface area contributed by atoms with Crippen molar-refractivity contribution in [3.63, 3.8) is 0 Å². The SMILES string of the molecule is C=C(C)OCCCCCN(CCO)CCCCCCCC(=O)OC(CCCCCCCC)CCCCCCCC.CCCCCCCCCCC(C)C. The van der Waals surface area contributed by atoms with Crippen LogP contribution in [0.2, 0.25) is 0 Å². The topological polar surface area (TPSA) is 59.0 Å². The van der Waals surface area contributed by atoms with Crippen LogP contribution in [-0.2, 0) is 14.3 Å². The number of rotatable bonds is 41. The Morgan fingerprint density at radius 3 is 1.38 bits per heavy atom. The number of carbonyl (C=O) groups is 1. The largest absolute Gasteiger partial charge is 0.499 e. The maximum atomic E-state index is 12.6. The summed E-state index contributed by atoms with van der Waals surface area (Å²) in [7, 11) is 0. The van der Waals surface area contributed by atoms with Gasteiger partial charge in [-0.2, -0.15) is 0 Å². The zero-order valence-electron chi connectivity index (χ0n) is 37.1. The van der Waals surface area contributed by atoms with Crippen LogP contribution in [-0.4, -0.2) is 54.9 Å². The summed E-state index contributed by atoms with van der Waals surface area (Å²) >= 11 is 0. The Kier molecular flexibility index (Phi) is 46.2. The highest BCUT2D eigenvalue weighted by atomic mass is 16.5. The second kappa shape index (κ2) is 45.3. The number of allylic oxidation sites excluding steroid dienone is 1. The molecule has 0 atom stereocenters. The van der Waals surface area contributed by atoms with E-state index in [1.165, 1.54) is 141 Å². The lowest BCUT2D eigenvalue weighted by atomic mass is 10.0. The van der Waals surface area contributed by atoms with E-state index in [1.54, 1.807) is 0 Å². The van der Waals surface area contributed by atoms with Gasteiger partial charge in [0.05, 0.1) is 19.0 Å². The Morgan fingerprint density at radius 1 is 0.547 bits per heavy atom. The van der Waals surface area contributed by atoms with Gasteiger partial charge in [-0.25, -0.2) is 0 Å². The molecule has 0 aliphatic heterocycles.